The topological polar surface area (TPSA) is 239 Å². The maximum Gasteiger partial charge on any atom is 0.303 e. The molecule has 0 aromatic heterocycles. The second kappa shape index (κ2) is 42.0. The van der Waals surface area contributed by atoms with Crippen LogP contribution in [0.1, 0.15) is 216 Å². The second-order valence-corrected chi connectivity index (χ2v) is 20.4. The third kappa shape index (κ3) is 31.4. The van der Waals surface area contributed by atoms with E-state index in [0.717, 1.165) is 87.0 Å². The Morgan fingerprint density at radius 1 is 0.351 bits per heavy atom. The lowest BCUT2D eigenvalue weighted by Crippen LogP contribution is -2.65. The molecule has 0 aromatic rings. The minimum absolute atomic E-state index is 0.0562. The van der Waals surface area contributed by atoms with Gasteiger partial charge >= 0.3 is 41.8 Å². The van der Waals surface area contributed by atoms with Crippen LogP contribution in [0.25, 0.3) is 0 Å². The molecule has 2 aliphatic rings. The minimum atomic E-state index is -1.66. The maximum absolute atomic E-state index is 12.8. The van der Waals surface area contributed by atoms with Gasteiger partial charge in [0.25, 0.3) is 0 Å². The van der Waals surface area contributed by atoms with Gasteiger partial charge in [0.15, 0.2) is 49.2 Å². The van der Waals surface area contributed by atoms with E-state index in [4.69, 9.17) is 61.6 Å². The Bertz CT molecular complexity index is 1630. The summed E-state index contributed by atoms with van der Waals surface area (Å²) in [6.45, 7) is 12.1. The van der Waals surface area contributed by atoms with Crippen molar-refractivity contribution >= 4 is 41.8 Å². The largest absolute Gasteiger partial charge is 0.463 e. The molecule has 0 aliphatic carbocycles. The van der Waals surface area contributed by atoms with Crippen LogP contribution in [0.15, 0.2) is 0 Å². The normalized spacial score (nSPS) is 23.2. The van der Waals surface area contributed by atoms with Crippen molar-refractivity contribution in [2.24, 2.45) is 0 Å². The summed E-state index contributed by atoms with van der Waals surface area (Å²) in [5, 5.41) is 0. The van der Waals surface area contributed by atoms with Crippen molar-refractivity contribution in [3.63, 3.8) is 0 Å². The Morgan fingerprint density at radius 3 is 1.00 bits per heavy atom. The fraction of sp³-hybridized carbons (Fsp3) is 0.877. The highest BCUT2D eigenvalue weighted by Crippen LogP contribution is 2.34. The molecule has 0 unspecified atom stereocenters. The minimum Gasteiger partial charge on any atom is -0.463 e. The highest BCUT2D eigenvalue weighted by atomic mass is 16.8. The number of hydrogen-bond acceptors (Lipinski definition) is 20. The Labute approximate surface area is 459 Å². The van der Waals surface area contributed by atoms with Crippen molar-refractivity contribution in [3.8, 4) is 0 Å². The van der Waals surface area contributed by atoms with E-state index in [-0.39, 0.29) is 13.2 Å². The molecule has 20 nitrogen and oxygen atoms in total. The summed E-state index contributed by atoms with van der Waals surface area (Å²) in [4.78, 5) is 87.8. The molecule has 0 spiro atoms. The number of hydrogen-bond donors (Lipinski definition) is 0. The highest BCUT2D eigenvalue weighted by Gasteiger charge is 2.56. The predicted molar refractivity (Wildman–Crippen MR) is 282 cm³/mol. The van der Waals surface area contributed by atoms with Crippen molar-refractivity contribution < 1.29 is 95.1 Å². The van der Waals surface area contributed by atoms with Gasteiger partial charge in [-0.1, -0.05) is 155 Å². The standard InChI is InChI=1S/C57H98O20/c1-10-12-14-16-18-20-22-24-26-28-30-32-34-65-36-47(37-66-35-33-31-29-27-25-23-21-19-17-15-13-11-2)75-57-55(74-46(9)64)53(72-44(7)62)51(70-42(5)60)49(77-57)39-68-56-54(73-45(8)63)52(71-43(6)61)50(69-41(4)59)48(76-56)38-67-40(3)58/h47-57H,10-39H2,1-9H3/t48-,49-,50+,51-,52+,53+,54-,55-,56+,57-/m1/s1. The molecule has 2 aliphatic heterocycles. The van der Waals surface area contributed by atoms with Gasteiger partial charge in [0.2, 0.25) is 0 Å². The third-order valence-corrected chi connectivity index (χ3v) is 13.1. The van der Waals surface area contributed by atoms with E-state index in [2.05, 4.69) is 13.8 Å². The van der Waals surface area contributed by atoms with Gasteiger partial charge in [0.05, 0.1) is 19.8 Å². The fourth-order valence-electron chi connectivity index (χ4n) is 9.45. The van der Waals surface area contributed by atoms with Gasteiger partial charge in [-0.05, 0) is 12.8 Å². The van der Waals surface area contributed by atoms with Crippen molar-refractivity contribution in [3.05, 3.63) is 0 Å². The second-order valence-electron chi connectivity index (χ2n) is 20.4. The van der Waals surface area contributed by atoms with E-state index in [9.17, 15) is 33.6 Å². The van der Waals surface area contributed by atoms with Crippen molar-refractivity contribution in [2.45, 2.75) is 284 Å². The molecule has 2 saturated heterocycles. The number of ether oxygens (including phenoxy) is 13. The molecule has 0 bridgehead atoms. The molecule has 2 rings (SSSR count). The molecule has 0 radical (unpaired) electrons. The first-order valence-electron chi connectivity index (χ1n) is 28.9. The van der Waals surface area contributed by atoms with Crippen LogP contribution in [0.2, 0.25) is 0 Å². The molecule has 77 heavy (non-hydrogen) atoms. The molecule has 20 heteroatoms. The van der Waals surface area contributed by atoms with Crippen molar-refractivity contribution in [2.75, 3.05) is 39.6 Å². The van der Waals surface area contributed by atoms with Crippen LogP contribution in [0.5, 0.6) is 0 Å². The Balaban J connectivity index is 2.38. The average Bonchev–Trinajstić information content (AvgIpc) is 3.35. The zero-order valence-corrected chi connectivity index (χ0v) is 48.2. The molecule has 2 fully saturated rings. The van der Waals surface area contributed by atoms with Crippen molar-refractivity contribution in [1.82, 2.24) is 0 Å². The highest BCUT2D eigenvalue weighted by molar-refractivity contribution is 5.69. The number of rotatable bonds is 43. The van der Waals surface area contributed by atoms with Crippen LogP contribution < -0.4 is 0 Å². The third-order valence-electron chi connectivity index (χ3n) is 13.1. The monoisotopic (exact) mass is 1100 g/mol. The predicted octanol–water partition coefficient (Wildman–Crippen LogP) is 9.43. The molecule has 0 amide bonds. The van der Waals surface area contributed by atoms with E-state index < -0.39 is 123 Å². The quantitative estimate of drug-likeness (QED) is 0.0314. The Morgan fingerprint density at radius 2 is 0.649 bits per heavy atom. The summed E-state index contributed by atoms with van der Waals surface area (Å²) < 4.78 is 76.9. The van der Waals surface area contributed by atoms with Crippen LogP contribution in [-0.4, -0.2) is 149 Å². The van der Waals surface area contributed by atoms with Crippen molar-refractivity contribution in [1.29, 1.82) is 0 Å². The molecule has 0 aromatic carbocycles. The summed E-state index contributed by atoms with van der Waals surface area (Å²) in [6.07, 6.45) is 12.7. The summed E-state index contributed by atoms with van der Waals surface area (Å²) in [5.74, 6) is -5.70. The number of esters is 7. The zero-order chi connectivity index (χ0) is 56.8. The number of carbonyl (C=O) groups is 7. The number of carbonyl (C=O) groups excluding carboxylic acids is 7. The van der Waals surface area contributed by atoms with E-state index in [1.54, 1.807) is 0 Å². The molecular formula is C57H98O20. The lowest BCUT2D eigenvalue weighted by molar-refractivity contribution is -0.341. The fourth-order valence-corrected chi connectivity index (χ4v) is 9.45. The molecule has 0 N–H and O–H groups in total. The van der Waals surface area contributed by atoms with Gasteiger partial charge in [-0.25, -0.2) is 0 Å². The smallest absolute Gasteiger partial charge is 0.303 e. The summed E-state index contributed by atoms with van der Waals surface area (Å²) in [5.41, 5.74) is 0. The van der Waals surface area contributed by atoms with Crippen LogP contribution in [0.3, 0.4) is 0 Å². The van der Waals surface area contributed by atoms with Crippen LogP contribution in [0.4, 0.5) is 0 Å². The SMILES string of the molecule is CCCCCCCCCCCCCCOCC(COCCCCCCCCCCCCCC)O[C@@H]1O[C@H](CO[C@H]2O[C@H](COC(C)=O)[C@H](OC(C)=O)[C@H](OC(C)=O)[C@H]2OC(C)=O)[C@@H](OC(C)=O)[C@H](OC(C)=O)[C@H]1OC(C)=O. The van der Waals surface area contributed by atoms with Gasteiger partial charge in [-0.3, -0.25) is 33.6 Å². The molecular weight excluding hydrogens is 1000 g/mol. The summed E-state index contributed by atoms with van der Waals surface area (Å²) in [7, 11) is 0. The maximum atomic E-state index is 12.8. The van der Waals surface area contributed by atoms with E-state index >= 15 is 0 Å². The first-order valence-corrected chi connectivity index (χ1v) is 28.9. The average molecular weight is 1100 g/mol. The lowest BCUT2D eigenvalue weighted by Gasteiger charge is -2.46. The van der Waals surface area contributed by atoms with E-state index in [1.807, 2.05) is 0 Å². The Hall–Kier alpha value is -3.95. The first kappa shape index (κ1) is 69.2. The van der Waals surface area contributed by atoms with Crippen LogP contribution in [0, 0.1) is 0 Å². The van der Waals surface area contributed by atoms with Gasteiger partial charge in [-0.2, -0.15) is 0 Å². The van der Waals surface area contributed by atoms with Crippen LogP contribution >= 0.6 is 0 Å². The Kier molecular flexibility index (Phi) is 37.7. The molecule has 446 valence electrons. The van der Waals surface area contributed by atoms with Gasteiger partial charge in [0, 0.05) is 61.7 Å². The van der Waals surface area contributed by atoms with E-state index in [0.29, 0.717) is 13.2 Å². The van der Waals surface area contributed by atoms with Gasteiger partial charge in [0.1, 0.15) is 24.9 Å². The van der Waals surface area contributed by atoms with Crippen LogP contribution in [-0.2, 0) is 95.1 Å². The van der Waals surface area contributed by atoms with Gasteiger partial charge in [-0.15, -0.1) is 0 Å². The molecule has 10 atom stereocenters. The molecule has 0 saturated carbocycles. The summed E-state index contributed by atoms with van der Waals surface area (Å²) >= 11 is 0. The summed E-state index contributed by atoms with van der Waals surface area (Å²) in [6, 6.07) is 0. The van der Waals surface area contributed by atoms with E-state index in [1.165, 1.54) is 116 Å². The zero-order valence-electron chi connectivity index (χ0n) is 48.2. The molecule has 2 heterocycles. The lowest BCUT2D eigenvalue weighted by atomic mass is 9.97. The number of unbranched alkanes of at least 4 members (excludes halogenated alkanes) is 22. The van der Waals surface area contributed by atoms with Gasteiger partial charge < -0.3 is 61.6 Å². The first-order chi connectivity index (χ1) is 37.0.